The molecule has 0 unspecified atom stereocenters. The Morgan fingerprint density at radius 2 is 1.62 bits per heavy atom. The maximum atomic E-state index is 12.3. The van der Waals surface area contributed by atoms with Crippen LogP contribution >= 0.6 is 0 Å². The van der Waals surface area contributed by atoms with Crippen molar-refractivity contribution in [1.82, 2.24) is 10.6 Å². The molecule has 0 aliphatic rings. The summed E-state index contributed by atoms with van der Waals surface area (Å²) in [4.78, 5) is 35.7. The van der Waals surface area contributed by atoms with Crippen LogP contribution in [0.4, 0.5) is 4.79 Å². The van der Waals surface area contributed by atoms with Crippen molar-refractivity contribution in [2.24, 2.45) is 5.73 Å². The first kappa shape index (κ1) is 21.9. The van der Waals surface area contributed by atoms with E-state index >= 15 is 0 Å². The van der Waals surface area contributed by atoms with Gasteiger partial charge >= 0.3 is 12.0 Å². The number of aryl methyl sites for hydroxylation is 1. The van der Waals surface area contributed by atoms with Crippen LogP contribution in [0.3, 0.4) is 0 Å². The van der Waals surface area contributed by atoms with Gasteiger partial charge < -0.3 is 21.1 Å². The van der Waals surface area contributed by atoms with Gasteiger partial charge in [0.25, 0.3) is 5.91 Å². The number of hydrogen-bond acceptors (Lipinski definition) is 4. The van der Waals surface area contributed by atoms with Crippen LogP contribution in [0, 0.1) is 0 Å². The largest absolute Gasteiger partial charge is 0.454 e. The van der Waals surface area contributed by atoms with E-state index in [-0.39, 0.29) is 12.5 Å². The molecule has 0 radical (unpaired) electrons. The van der Waals surface area contributed by atoms with E-state index in [0.29, 0.717) is 0 Å². The lowest BCUT2D eigenvalue weighted by atomic mass is 10.1. The minimum Gasteiger partial charge on any atom is -0.454 e. The lowest BCUT2D eigenvalue weighted by Crippen LogP contribution is -2.46. The monoisotopic (exact) mass is 397 g/mol. The zero-order chi connectivity index (χ0) is 21.2. The van der Waals surface area contributed by atoms with E-state index in [4.69, 9.17) is 10.5 Å². The Bertz CT molecular complexity index is 822. The first-order chi connectivity index (χ1) is 13.9. The van der Waals surface area contributed by atoms with Crippen LogP contribution in [-0.4, -0.2) is 30.6 Å². The Hall–Kier alpha value is -3.35. The van der Waals surface area contributed by atoms with Gasteiger partial charge in [-0.3, -0.25) is 4.79 Å². The molecule has 7 heteroatoms. The van der Waals surface area contributed by atoms with Gasteiger partial charge in [-0.1, -0.05) is 61.5 Å². The number of benzene rings is 2. The summed E-state index contributed by atoms with van der Waals surface area (Å²) in [5.74, 6) is -1.15. The third kappa shape index (κ3) is 7.29. The quantitative estimate of drug-likeness (QED) is 0.564. The van der Waals surface area contributed by atoms with Gasteiger partial charge in [0.15, 0.2) is 6.61 Å². The normalized spacial score (nSPS) is 12.5. The molecule has 2 atom stereocenters. The Morgan fingerprint density at radius 1 is 0.966 bits per heavy atom. The average Bonchev–Trinajstić information content (AvgIpc) is 2.72. The van der Waals surface area contributed by atoms with Crippen molar-refractivity contribution in [3.8, 4) is 0 Å². The van der Waals surface area contributed by atoms with Crippen molar-refractivity contribution in [1.29, 1.82) is 0 Å². The van der Waals surface area contributed by atoms with Gasteiger partial charge in [-0.15, -0.1) is 0 Å². The number of amides is 3. The zero-order valence-corrected chi connectivity index (χ0v) is 16.7. The predicted molar refractivity (Wildman–Crippen MR) is 110 cm³/mol. The summed E-state index contributed by atoms with van der Waals surface area (Å²) in [6.07, 6.45) is 1.16. The number of nitrogens with two attached hydrogens (primary N) is 1. The summed E-state index contributed by atoms with van der Waals surface area (Å²) in [6, 6.07) is 15.1. The summed E-state index contributed by atoms with van der Waals surface area (Å²) in [5, 5.41) is 5.15. The standard InChI is InChI=1S/C22H27N3O4/c1-3-16-9-11-18(12-10-16)15(2)24-20(26)14-29-21(27)19(25-22(23)28)13-17-7-5-4-6-8-17/h4-12,15,19H,3,13-14H2,1-2H3,(H,24,26)(H3,23,25,28)/t15-,19-/m0/s1. The van der Waals surface area contributed by atoms with Crippen molar-refractivity contribution in [2.75, 3.05) is 6.61 Å². The molecule has 2 aromatic carbocycles. The van der Waals surface area contributed by atoms with Crippen LogP contribution in [0.15, 0.2) is 54.6 Å². The molecule has 2 aromatic rings. The first-order valence-electron chi connectivity index (χ1n) is 9.53. The summed E-state index contributed by atoms with van der Waals surface area (Å²) < 4.78 is 5.09. The van der Waals surface area contributed by atoms with Gasteiger partial charge in [-0.2, -0.15) is 0 Å². The number of primary amides is 1. The van der Waals surface area contributed by atoms with E-state index < -0.39 is 30.6 Å². The lowest BCUT2D eigenvalue weighted by molar-refractivity contribution is -0.150. The molecule has 0 spiro atoms. The SMILES string of the molecule is CCc1ccc([C@H](C)NC(=O)COC(=O)[C@H](Cc2ccccc2)NC(N)=O)cc1. The Morgan fingerprint density at radius 3 is 2.21 bits per heavy atom. The van der Waals surface area contributed by atoms with Crippen molar-refractivity contribution in [3.63, 3.8) is 0 Å². The van der Waals surface area contributed by atoms with Crippen LogP contribution in [-0.2, 0) is 27.2 Å². The third-order valence-corrected chi connectivity index (χ3v) is 4.49. The van der Waals surface area contributed by atoms with Crippen molar-refractivity contribution < 1.29 is 19.1 Å². The number of esters is 1. The topological polar surface area (TPSA) is 111 Å². The second-order valence-corrected chi connectivity index (χ2v) is 6.74. The highest BCUT2D eigenvalue weighted by Gasteiger charge is 2.23. The van der Waals surface area contributed by atoms with E-state index in [9.17, 15) is 14.4 Å². The second kappa shape index (κ2) is 10.8. The summed E-state index contributed by atoms with van der Waals surface area (Å²) in [7, 11) is 0. The molecular weight excluding hydrogens is 370 g/mol. The lowest BCUT2D eigenvalue weighted by Gasteiger charge is -2.18. The van der Waals surface area contributed by atoms with E-state index in [0.717, 1.165) is 17.5 Å². The van der Waals surface area contributed by atoms with Crippen molar-refractivity contribution in [2.45, 2.75) is 38.8 Å². The fourth-order valence-corrected chi connectivity index (χ4v) is 2.86. The number of nitrogens with one attached hydrogen (secondary N) is 2. The predicted octanol–water partition coefficient (Wildman–Crippen LogP) is 2.25. The Kier molecular flexibility index (Phi) is 8.21. The minimum absolute atomic E-state index is 0.213. The fourth-order valence-electron chi connectivity index (χ4n) is 2.86. The highest BCUT2D eigenvalue weighted by atomic mass is 16.5. The number of rotatable bonds is 9. The fraction of sp³-hybridized carbons (Fsp3) is 0.318. The van der Waals surface area contributed by atoms with Gasteiger partial charge in [-0.25, -0.2) is 9.59 Å². The second-order valence-electron chi connectivity index (χ2n) is 6.74. The molecule has 0 bridgehead atoms. The molecule has 0 heterocycles. The number of urea groups is 1. The molecule has 0 saturated carbocycles. The van der Waals surface area contributed by atoms with E-state index in [1.54, 1.807) is 0 Å². The molecule has 0 aliphatic heterocycles. The maximum absolute atomic E-state index is 12.3. The van der Waals surface area contributed by atoms with Gasteiger partial charge in [0, 0.05) is 6.42 Å². The van der Waals surface area contributed by atoms with E-state index in [2.05, 4.69) is 17.6 Å². The maximum Gasteiger partial charge on any atom is 0.329 e. The number of carbonyl (C=O) groups excluding carboxylic acids is 3. The molecule has 154 valence electrons. The molecule has 4 N–H and O–H groups in total. The zero-order valence-electron chi connectivity index (χ0n) is 16.7. The summed E-state index contributed by atoms with van der Waals surface area (Å²) in [5.41, 5.74) is 8.16. The minimum atomic E-state index is -0.971. The van der Waals surface area contributed by atoms with Gasteiger partial charge in [0.1, 0.15) is 6.04 Å². The van der Waals surface area contributed by atoms with Crippen LogP contribution in [0.2, 0.25) is 0 Å². The van der Waals surface area contributed by atoms with E-state index in [1.807, 2.05) is 61.5 Å². The number of carbonyl (C=O) groups is 3. The van der Waals surface area contributed by atoms with Gasteiger partial charge in [0.05, 0.1) is 6.04 Å². The molecule has 0 saturated heterocycles. The first-order valence-corrected chi connectivity index (χ1v) is 9.53. The Labute approximate surface area is 170 Å². The van der Waals surface area contributed by atoms with Gasteiger partial charge in [-0.05, 0) is 30.0 Å². The molecule has 2 rings (SSSR count). The molecule has 29 heavy (non-hydrogen) atoms. The molecule has 3 amide bonds. The molecule has 0 fully saturated rings. The smallest absolute Gasteiger partial charge is 0.329 e. The molecule has 0 aromatic heterocycles. The van der Waals surface area contributed by atoms with Crippen LogP contribution in [0.25, 0.3) is 0 Å². The molecule has 7 nitrogen and oxygen atoms in total. The molecular formula is C22H27N3O4. The molecule has 0 aliphatic carbocycles. The summed E-state index contributed by atoms with van der Waals surface area (Å²) in [6.45, 7) is 3.49. The van der Waals surface area contributed by atoms with Gasteiger partial charge in [0.2, 0.25) is 0 Å². The van der Waals surface area contributed by atoms with Crippen molar-refractivity contribution in [3.05, 3.63) is 71.3 Å². The van der Waals surface area contributed by atoms with Crippen LogP contribution in [0.1, 0.15) is 36.6 Å². The number of ether oxygens (including phenoxy) is 1. The highest BCUT2D eigenvalue weighted by molar-refractivity contribution is 5.85. The Balaban J connectivity index is 1.88. The average molecular weight is 397 g/mol. The van der Waals surface area contributed by atoms with E-state index in [1.165, 1.54) is 5.56 Å². The van der Waals surface area contributed by atoms with Crippen LogP contribution in [0.5, 0.6) is 0 Å². The van der Waals surface area contributed by atoms with Crippen molar-refractivity contribution >= 4 is 17.9 Å². The summed E-state index contributed by atoms with van der Waals surface area (Å²) >= 11 is 0. The highest BCUT2D eigenvalue weighted by Crippen LogP contribution is 2.13. The van der Waals surface area contributed by atoms with Crippen LogP contribution < -0.4 is 16.4 Å². The number of hydrogen-bond donors (Lipinski definition) is 3. The third-order valence-electron chi connectivity index (χ3n) is 4.49.